The van der Waals surface area contributed by atoms with E-state index in [9.17, 15) is 5.26 Å². The summed E-state index contributed by atoms with van der Waals surface area (Å²) in [6.07, 6.45) is 2.98. The van der Waals surface area contributed by atoms with E-state index >= 15 is 0 Å². The number of hydrogen-bond donors (Lipinski definition) is 1. The Bertz CT molecular complexity index is 447. The molecular weight excluding hydrogens is 212 g/mol. The molecular formula is C13H20N4. The van der Waals surface area contributed by atoms with Gasteiger partial charge in [-0.3, -0.25) is 0 Å². The highest BCUT2D eigenvalue weighted by Crippen LogP contribution is 2.34. The van der Waals surface area contributed by atoms with Crippen LogP contribution in [-0.2, 0) is 5.41 Å². The van der Waals surface area contributed by atoms with Crippen molar-refractivity contribution >= 4 is 5.95 Å². The molecule has 0 aliphatic carbocycles. The van der Waals surface area contributed by atoms with E-state index in [1.165, 1.54) is 0 Å². The van der Waals surface area contributed by atoms with Crippen molar-refractivity contribution in [3.05, 3.63) is 17.0 Å². The van der Waals surface area contributed by atoms with Gasteiger partial charge in [0.15, 0.2) is 0 Å². The lowest BCUT2D eigenvalue weighted by Gasteiger charge is -2.28. The highest BCUT2D eigenvalue weighted by Gasteiger charge is 2.29. The molecule has 1 atom stereocenters. The highest BCUT2D eigenvalue weighted by molar-refractivity contribution is 5.43. The number of hydrogen-bond acceptors (Lipinski definition) is 4. The van der Waals surface area contributed by atoms with Crippen LogP contribution in [0.5, 0.6) is 0 Å². The van der Waals surface area contributed by atoms with E-state index in [-0.39, 0.29) is 11.4 Å². The van der Waals surface area contributed by atoms with Crippen LogP contribution >= 0.6 is 0 Å². The predicted molar refractivity (Wildman–Crippen MR) is 68.4 cm³/mol. The molecule has 0 amide bonds. The molecule has 0 aliphatic heterocycles. The van der Waals surface area contributed by atoms with Gasteiger partial charge in [-0.05, 0) is 19.8 Å². The standard InChI is InChI=1S/C13H20N4/c1-5-7-13(4,6-2)11-10(8-14)9(3)16-12(15)17-11/h5-7H2,1-4H3,(H2,15,16,17). The van der Waals surface area contributed by atoms with Crippen LogP contribution in [0.1, 0.15) is 57.0 Å². The third kappa shape index (κ3) is 2.55. The summed E-state index contributed by atoms with van der Waals surface area (Å²) < 4.78 is 0. The Morgan fingerprint density at radius 3 is 2.47 bits per heavy atom. The topological polar surface area (TPSA) is 75.6 Å². The molecule has 1 heterocycles. The predicted octanol–water partition coefficient (Wildman–Crippen LogP) is 2.71. The zero-order valence-corrected chi connectivity index (χ0v) is 11.0. The number of nitrogens with zero attached hydrogens (tertiary/aromatic N) is 3. The fraction of sp³-hybridized carbons (Fsp3) is 0.615. The molecule has 4 heteroatoms. The largest absolute Gasteiger partial charge is 0.368 e. The summed E-state index contributed by atoms with van der Waals surface area (Å²) in [6, 6.07) is 2.21. The lowest BCUT2D eigenvalue weighted by molar-refractivity contribution is 0.401. The van der Waals surface area contributed by atoms with Crippen molar-refractivity contribution in [1.29, 1.82) is 5.26 Å². The average molecular weight is 232 g/mol. The Morgan fingerprint density at radius 1 is 1.35 bits per heavy atom. The quantitative estimate of drug-likeness (QED) is 0.866. The van der Waals surface area contributed by atoms with Gasteiger partial charge in [-0.1, -0.05) is 27.2 Å². The molecule has 17 heavy (non-hydrogen) atoms. The molecule has 0 spiro atoms. The summed E-state index contributed by atoms with van der Waals surface area (Å²) in [7, 11) is 0. The zero-order valence-electron chi connectivity index (χ0n) is 11.0. The van der Waals surface area contributed by atoms with Crippen LogP contribution in [0.15, 0.2) is 0 Å². The van der Waals surface area contributed by atoms with Gasteiger partial charge in [0, 0.05) is 5.41 Å². The van der Waals surface area contributed by atoms with Gasteiger partial charge < -0.3 is 5.73 Å². The summed E-state index contributed by atoms with van der Waals surface area (Å²) in [5.74, 6) is 0.257. The van der Waals surface area contributed by atoms with Crippen molar-refractivity contribution in [3.63, 3.8) is 0 Å². The number of rotatable bonds is 4. The molecule has 1 unspecified atom stereocenters. The van der Waals surface area contributed by atoms with Gasteiger partial charge in [-0.2, -0.15) is 5.26 Å². The van der Waals surface area contributed by atoms with Crippen molar-refractivity contribution in [1.82, 2.24) is 9.97 Å². The van der Waals surface area contributed by atoms with Gasteiger partial charge >= 0.3 is 0 Å². The van der Waals surface area contributed by atoms with E-state index in [1.807, 2.05) is 6.92 Å². The first-order valence-corrected chi connectivity index (χ1v) is 6.03. The molecule has 0 fully saturated rings. The van der Waals surface area contributed by atoms with Crippen molar-refractivity contribution in [3.8, 4) is 6.07 Å². The Hall–Kier alpha value is -1.63. The molecule has 4 nitrogen and oxygen atoms in total. The van der Waals surface area contributed by atoms with Crippen molar-refractivity contribution in [2.45, 2.75) is 52.4 Å². The first-order valence-electron chi connectivity index (χ1n) is 6.03. The molecule has 1 aromatic heterocycles. The summed E-state index contributed by atoms with van der Waals surface area (Å²) in [6.45, 7) is 8.20. The number of nitrogen functional groups attached to an aromatic ring is 1. The van der Waals surface area contributed by atoms with Gasteiger partial charge in [0.2, 0.25) is 5.95 Å². The third-order valence-corrected chi connectivity index (χ3v) is 3.37. The summed E-state index contributed by atoms with van der Waals surface area (Å²) in [5.41, 5.74) is 7.66. The Balaban J connectivity index is 3.43. The van der Waals surface area contributed by atoms with Crippen LogP contribution in [0.2, 0.25) is 0 Å². The van der Waals surface area contributed by atoms with Gasteiger partial charge in [0.25, 0.3) is 0 Å². The van der Waals surface area contributed by atoms with Gasteiger partial charge in [-0.15, -0.1) is 0 Å². The summed E-state index contributed by atoms with van der Waals surface area (Å²) in [5, 5.41) is 9.25. The van der Waals surface area contributed by atoms with Crippen molar-refractivity contribution < 1.29 is 0 Å². The summed E-state index contributed by atoms with van der Waals surface area (Å²) in [4.78, 5) is 8.37. The smallest absolute Gasteiger partial charge is 0.220 e. The van der Waals surface area contributed by atoms with Crippen LogP contribution in [0.4, 0.5) is 5.95 Å². The van der Waals surface area contributed by atoms with E-state index in [1.54, 1.807) is 0 Å². The van der Waals surface area contributed by atoms with Crippen LogP contribution in [0.3, 0.4) is 0 Å². The lowest BCUT2D eigenvalue weighted by Crippen LogP contribution is -2.25. The number of nitrogens with two attached hydrogens (primary N) is 1. The van der Waals surface area contributed by atoms with Gasteiger partial charge in [0.1, 0.15) is 6.07 Å². The maximum Gasteiger partial charge on any atom is 0.220 e. The average Bonchev–Trinajstić information content (AvgIpc) is 2.28. The van der Waals surface area contributed by atoms with Crippen molar-refractivity contribution in [2.24, 2.45) is 0 Å². The second kappa shape index (κ2) is 5.13. The number of anilines is 1. The molecule has 0 radical (unpaired) electrons. The fourth-order valence-corrected chi connectivity index (χ4v) is 2.18. The lowest BCUT2D eigenvalue weighted by atomic mass is 9.77. The highest BCUT2D eigenvalue weighted by atomic mass is 15.0. The van der Waals surface area contributed by atoms with E-state index in [2.05, 4.69) is 36.8 Å². The minimum Gasteiger partial charge on any atom is -0.368 e. The molecule has 2 N–H and O–H groups in total. The number of aromatic nitrogens is 2. The SMILES string of the molecule is CCCC(C)(CC)c1nc(N)nc(C)c1C#N. The van der Waals surface area contributed by atoms with Crippen LogP contribution in [0.25, 0.3) is 0 Å². The monoisotopic (exact) mass is 232 g/mol. The minimum absolute atomic E-state index is 0.0956. The molecule has 0 saturated heterocycles. The van der Waals surface area contributed by atoms with Crippen LogP contribution < -0.4 is 5.73 Å². The zero-order chi connectivity index (χ0) is 13.1. The first-order chi connectivity index (χ1) is 7.98. The molecule has 92 valence electrons. The number of nitriles is 1. The van der Waals surface area contributed by atoms with E-state index in [4.69, 9.17) is 5.73 Å². The molecule has 0 aromatic carbocycles. The Labute approximate surface area is 103 Å². The second-order valence-electron chi connectivity index (χ2n) is 4.67. The van der Waals surface area contributed by atoms with Crippen LogP contribution in [0, 0.1) is 18.3 Å². The van der Waals surface area contributed by atoms with E-state index in [0.717, 1.165) is 25.0 Å². The maximum absolute atomic E-state index is 9.25. The number of aryl methyl sites for hydroxylation is 1. The molecule has 1 rings (SSSR count). The third-order valence-electron chi connectivity index (χ3n) is 3.37. The normalized spacial score (nSPS) is 14.1. The fourth-order valence-electron chi connectivity index (χ4n) is 2.18. The molecule has 0 saturated carbocycles. The first kappa shape index (κ1) is 13.4. The minimum atomic E-state index is -0.0956. The molecule has 1 aromatic rings. The maximum atomic E-state index is 9.25. The van der Waals surface area contributed by atoms with Crippen molar-refractivity contribution in [2.75, 3.05) is 5.73 Å². The second-order valence-corrected chi connectivity index (χ2v) is 4.67. The van der Waals surface area contributed by atoms with Gasteiger partial charge in [0.05, 0.1) is 17.0 Å². The van der Waals surface area contributed by atoms with E-state index in [0.29, 0.717) is 11.3 Å². The van der Waals surface area contributed by atoms with Gasteiger partial charge in [-0.25, -0.2) is 9.97 Å². The molecule has 0 bridgehead atoms. The summed E-state index contributed by atoms with van der Waals surface area (Å²) >= 11 is 0. The molecule has 0 aliphatic rings. The Kier molecular flexibility index (Phi) is 4.06. The van der Waals surface area contributed by atoms with Crippen LogP contribution in [-0.4, -0.2) is 9.97 Å². The van der Waals surface area contributed by atoms with E-state index < -0.39 is 0 Å². The Morgan fingerprint density at radius 2 is 2.00 bits per heavy atom.